The zero-order chi connectivity index (χ0) is 98.4. The van der Waals surface area contributed by atoms with Gasteiger partial charge in [-0.15, -0.1) is 0 Å². The first-order valence-corrected chi connectivity index (χ1v) is 44.4. The van der Waals surface area contributed by atoms with Gasteiger partial charge in [0.05, 0.1) is 67.4 Å². The summed E-state index contributed by atoms with van der Waals surface area (Å²) in [6, 6.07) is 54.9. The van der Waals surface area contributed by atoms with Gasteiger partial charge in [0.15, 0.2) is 45.2 Å². The number of benzene rings is 10. The number of nitrogens with zero attached hydrogens (tertiary/aromatic N) is 16. The maximum absolute atomic E-state index is 13.8. The zero-order valence-electron chi connectivity index (χ0n) is 83.9. The van der Waals surface area contributed by atoms with E-state index in [1.165, 1.54) is 79.5 Å². The quantitative estimate of drug-likeness (QED) is 0.0909. The first kappa shape index (κ1) is 89.4. The van der Waals surface area contributed by atoms with Crippen molar-refractivity contribution in [2.45, 2.75) is 214 Å². The summed E-state index contributed by atoms with van der Waals surface area (Å²) in [5.74, 6) is 1.57. The normalized spacial score (nSPS) is 12.8. The Balaban J connectivity index is 0.000000138. The van der Waals surface area contributed by atoms with Crippen LogP contribution in [0, 0.1) is 96.9 Å². The van der Waals surface area contributed by atoms with Gasteiger partial charge in [0.2, 0.25) is 11.3 Å². The molecule has 0 amide bonds. The van der Waals surface area contributed by atoms with E-state index >= 15 is 0 Å². The van der Waals surface area contributed by atoms with Gasteiger partial charge < -0.3 is 0 Å². The summed E-state index contributed by atoms with van der Waals surface area (Å²) in [7, 11) is 7.66. The Kier molecular flexibility index (Phi) is 23.1. The molecule has 0 bridgehead atoms. The molecule has 0 aliphatic heterocycles. The van der Waals surface area contributed by atoms with Gasteiger partial charge in [-0.1, -0.05) is 210 Å². The Hall–Kier alpha value is -13.2. The van der Waals surface area contributed by atoms with Crippen LogP contribution in [0.3, 0.4) is 0 Å². The van der Waals surface area contributed by atoms with Crippen molar-refractivity contribution in [3.8, 4) is 56.5 Å². The summed E-state index contributed by atoms with van der Waals surface area (Å²) in [6.45, 7) is 48.9. The monoisotopic (exact) mass is 1780 g/mol. The Morgan fingerprint density at radius 3 is 1.02 bits per heavy atom. The molecule has 0 saturated heterocycles. The summed E-state index contributed by atoms with van der Waals surface area (Å²) in [6.07, 6.45) is -9.19. The van der Waals surface area contributed by atoms with E-state index in [9.17, 15) is 26.3 Å². The second-order valence-corrected chi connectivity index (χ2v) is 39.3. The molecule has 0 saturated carbocycles. The number of alkyl halides is 6. The first-order chi connectivity index (χ1) is 62.9. The molecular weight excluding hydrogens is 1660 g/mol. The van der Waals surface area contributed by atoms with Crippen molar-refractivity contribution >= 4 is 99.0 Å². The summed E-state index contributed by atoms with van der Waals surface area (Å²) < 4.78 is 113. The van der Waals surface area contributed by atoms with Gasteiger partial charge >= 0.3 is 35.3 Å². The molecule has 0 unspecified atom stereocenters. The first-order valence-electron chi connectivity index (χ1n) is 45.9. The predicted octanol–water partition coefficient (Wildman–Crippen LogP) is 25.0. The lowest BCUT2D eigenvalue weighted by Crippen LogP contribution is -2.37. The van der Waals surface area contributed by atoms with E-state index in [0.29, 0.717) is 45.5 Å². The van der Waals surface area contributed by atoms with Crippen LogP contribution < -0.4 is 18.3 Å². The Bertz CT molecular complexity index is 7930. The van der Waals surface area contributed by atoms with Gasteiger partial charge in [-0.3, -0.25) is 0 Å². The summed E-state index contributed by atoms with van der Waals surface area (Å²) >= 11 is 0. The molecule has 674 valence electrons. The lowest BCUT2D eigenvalue weighted by molar-refractivity contribution is -0.668. The van der Waals surface area contributed by atoms with Crippen LogP contribution in [-0.2, 0) is 62.2 Å². The minimum absolute atomic E-state index is 0.00144. The highest BCUT2D eigenvalue weighted by atomic mass is 19.4. The smallest absolute Gasteiger partial charge is 0.236 e. The molecule has 18 rings (SSSR count). The standard InChI is InChI=1S/C33H34F3N4.C27H27N4.C25H26F3N4.C25H29N4/c1-17-14-18(2)26(19(3)15-17)27-28(40(9)31-30(38-27)39-29(21(5)37-31)33(34,35)36)24-16-25(32(6,7)8)23-13-11-10-12-22(23)20(24)4;1-16-18-11-7-8-12-19(18)21(27(3,4)5)15-20(16)26-30-25-24(17(2)31(26)6)28-22-13-9-10-14-23(22)29-25;1-13-16-10-8-9-11-17(16)19(24(4,5)6)12-18(13)23-31-22-20(15(3)32(23)7)30-21(14(2)29-22)25(26,27)28;1-14-18-11-9-10-12-19(18)21(25(5,6)7)13-20(14)22-17(4)27-23-24(29(22)8)28-16(3)15(2)26-23/h10-16H,1-9H3;7-15H,1-6H3;8-12H,1-7H3;9-13H,1-8H3/q4*+1/i;;;2D3. The van der Waals surface area contributed by atoms with E-state index in [1.54, 1.807) is 25.5 Å². The molecule has 10 aromatic carbocycles. The van der Waals surface area contributed by atoms with Crippen molar-refractivity contribution in [3.05, 3.63) is 270 Å². The van der Waals surface area contributed by atoms with Gasteiger partial charge in [0.1, 0.15) is 17.1 Å². The van der Waals surface area contributed by atoms with Crippen molar-refractivity contribution in [2.75, 3.05) is 0 Å². The van der Waals surface area contributed by atoms with E-state index in [1.807, 2.05) is 93.4 Å². The van der Waals surface area contributed by atoms with Crippen LogP contribution in [0.1, 0.15) is 200 Å². The average Bonchev–Trinajstić information content (AvgIpc) is 0.730. The van der Waals surface area contributed by atoms with Crippen LogP contribution in [0.5, 0.6) is 0 Å². The molecule has 22 heteroatoms. The fraction of sp³-hybridized carbons (Fsp3) is 0.327. The molecule has 0 radical (unpaired) electrons. The molecule has 0 spiro atoms. The van der Waals surface area contributed by atoms with Crippen molar-refractivity contribution in [1.82, 2.24) is 59.8 Å². The number of para-hydroxylation sites is 2. The van der Waals surface area contributed by atoms with Crippen molar-refractivity contribution in [1.29, 1.82) is 0 Å². The third-order valence-electron chi connectivity index (χ3n) is 25.7. The maximum Gasteiger partial charge on any atom is 0.437 e. The Labute approximate surface area is 772 Å². The number of fused-ring (bicyclic) bond motifs is 9. The Morgan fingerprint density at radius 2 is 0.606 bits per heavy atom. The summed E-state index contributed by atoms with van der Waals surface area (Å²) in [5.41, 5.74) is 25.0. The summed E-state index contributed by atoms with van der Waals surface area (Å²) in [4.78, 5) is 54.5. The van der Waals surface area contributed by atoms with E-state index in [-0.39, 0.29) is 55.6 Å². The fourth-order valence-corrected chi connectivity index (χ4v) is 18.7. The van der Waals surface area contributed by atoms with Crippen LogP contribution in [0.15, 0.2) is 158 Å². The van der Waals surface area contributed by atoms with Crippen molar-refractivity contribution in [2.24, 2.45) is 28.2 Å². The van der Waals surface area contributed by atoms with E-state index in [4.69, 9.17) is 34.0 Å². The lowest BCUT2D eigenvalue weighted by Gasteiger charge is -2.25. The van der Waals surface area contributed by atoms with Crippen LogP contribution in [0.4, 0.5) is 26.3 Å². The second-order valence-electron chi connectivity index (χ2n) is 39.3. The molecule has 18 aromatic rings. The minimum atomic E-state index is -4.63. The highest BCUT2D eigenvalue weighted by molar-refractivity contribution is 6.00. The molecule has 8 aromatic heterocycles. The lowest BCUT2D eigenvalue weighted by atomic mass is 9.80. The molecule has 0 aliphatic carbocycles. The molecular formula is C110H116F6N16+4. The van der Waals surface area contributed by atoms with E-state index in [0.717, 1.165) is 112 Å². The van der Waals surface area contributed by atoms with Crippen molar-refractivity contribution < 1.29 is 48.7 Å². The number of hydrogen-bond donors (Lipinski definition) is 0. The number of halogens is 6. The molecule has 8 heterocycles. The molecule has 0 fully saturated rings. The fourth-order valence-electron chi connectivity index (χ4n) is 18.7. The molecule has 16 nitrogen and oxygen atoms in total. The molecule has 0 aliphatic rings. The Morgan fingerprint density at radius 1 is 0.288 bits per heavy atom. The largest absolute Gasteiger partial charge is 0.437 e. The maximum atomic E-state index is 13.8. The highest BCUT2D eigenvalue weighted by Crippen LogP contribution is 2.46. The predicted molar refractivity (Wildman–Crippen MR) is 520 cm³/mol. The number of hydrogen-bond acceptors (Lipinski definition) is 12. The van der Waals surface area contributed by atoms with Gasteiger partial charge in [0, 0.05) is 48.5 Å². The van der Waals surface area contributed by atoms with Crippen LogP contribution in [-0.4, -0.2) is 59.8 Å². The van der Waals surface area contributed by atoms with Crippen LogP contribution in [0.25, 0.3) is 156 Å². The minimum Gasteiger partial charge on any atom is -0.236 e. The molecule has 0 atom stereocenters. The number of aryl methyl sites for hydroxylation is 16. The van der Waals surface area contributed by atoms with E-state index < -0.39 is 30.6 Å². The average molecular weight is 1780 g/mol. The zero-order valence-corrected chi connectivity index (χ0v) is 80.9. The van der Waals surface area contributed by atoms with Crippen LogP contribution in [0.2, 0.25) is 0 Å². The van der Waals surface area contributed by atoms with Crippen LogP contribution >= 0.6 is 0 Å². The third kappa shape index (κ3) is 17.2. The van der Waals surface area contributed by atoms with Crippen molar-refractivity contribution in [3.63, 3.8) is 0 Å². The topological polar surface area (TPSA) is 170 Å². The number of aromatic nitrogens is 16. The van der Waals surface area contributed by atoms with Gasteiger partial charge in [-0.25, -0.2) is 58.1 Å². The third-order valence-corrected chi connectivity index (χ3v) is 25.7. The number of rotatable bonds is 5. The van der Waals surface area contributed by atoms with E-state index in [2.05, 4.69) is 274 Å². The SMILES string of the molecule is Cc1c(-c2nc3nc4ccccc4nc3c(C)[n+]2C)cc(C(C)(C)C)c2ccccc12.Cc1cc(C)c(-c2nc3nc(C(F)(F)F)c(C)nc3[n+](C)c2-c2cc(C(C)(C)C)c3ccccc3c2C)c(C)c1.Cc1nc2nc(-c3cc(C(C)(C)C)c4ccccc4c3C)[n+](C)c(C)c2nc1C(F)(F)F.[2H]C([2H])([2H])c1nc2nc(C)c(-c3cc(C(C)(C)C)c4ccccc4c3C)[n+](C)c2nc1C. The van der Waals surface area contributed by atoms with Gasteiger partial charge in [-0.2, -0.15) is 26.3 Å². The highest BCUT2D eigenvalue weighted by Gasteiger charge is 2.42. The molecule has 0 N–H and O–H groups in total. The molecule has 132 heavy (non-hydrogen) atoms. The second kappa shape index (κ2) is 34.2. The van der Waals surface area contributed by atoms with Gasteiger partial charge in [0.25, 0.3) is 11.3 Å². The van der Waals surface area contributed by atoms with Gasteiger partial charge in [-0.05, 0) is 246 Å². The summed E-state index contributed by atoms with van der Waals surface area (Å²) in [5, 5.41) is 9.68.